The summed E-state index contributed by atoms with van der Waals surface area (Å²) < 4.78 is 23.4. The first-order chi connectivity index (χ1) is 36.5. The summed E-state index contributed by atoms with van der Waals surface area (Å²) in [6.07, 6.45) is 75.5. The molecular weight excluding hydrogens is 948 g/mol. The molecule has 3 atom stereocenters. The van der Waals surface area contributed by atoms with Gasteiger partial charge >= 0.3 is 0 Å². The van der Waals surface area contributed by atoms with Gasteiger partial charge in [0.1, 0.15) is 13.2 Å². The topological polar surface area (TPSA) is 108 Å². The molecule has 444 valence electrons. The largest absolute Gasteiger partial charge is 0.756 e. The number of quaternary nitrogens is 1. The van der Waals surface area contributed by atoms with Crippen molar-refractivity contribution in [3.05, 3.63) is 36.5 Å². The molecule has 75 heavy (non-hydrogen) atoms. The molecule has 0 aromatic rings. The smallest absolute Gasteiger partial charge is 0.268 e. The zero-order chi connectivity index (χ0) is 54.9. The van der Waals surface area contributed by atoms with Crippen molar-refractivity contribution in [2.75, 3.05) is 40.9 Å². The average Bonchev–Trinajstić information content (AvgIpc) is 3.37. The number of unbranched alkanes of at least 4 members (excludes halogenated alkanes) is 44. The highest BCUT2D eigenvalue weighted by Crippen LogP contribution is 2.38. The first-order valence-corrected chi connectivity index (χ1v) is 34.3. The number of nitrogens with one attached hydrogen (secondary N) is 1. The van der Waals surface area contributed by atoms with Gasteiger partial charge in [0, 0.05) is 6.42 Å². The second-order valence-electron chi connectivity index (χ2n) is 23.8. The van der Waals surface area contributed by atoms with Crippen molar-refractivity contribution >= 4 is 13.7 Å². The number of rotatable bonds is 61. The van der Waals surface area contributed by atoms with Crippen LogP contribution in [0.1, 0.15) is 328 Å². The van der Waals surface area contributed by atoms with Crippen molar-refractivity contribution in [2.24, 2.45) is 0 Å². The molecule has 0 fully saturated rings. The number of aliphatic hydroxyl groups is 1. The highest BCUT2D eigenvalue weighted by atomic mass is 31.2. The van der Waals surface area contributed by atoms with Crippen molar-refractivity contribution in [1.82, 2.24) is 5.32 Å². The fraction of sp³-hybridized carbons (Fsp3) is 0.894. The van der Waals surface area contributed by atoms with Crippen LogP contribution in [-0.4, -0.2) is 68.5 Å². The van der Waals surface area contributed by atoms with Crippen LogP contribution in [0.2, 0.25) is 0 Å². The van der Waals surface area contributed by atoms with Gasteiger partial charge in [-0.1, -0.05) is 314 Å². The molecule has 8 nitrogen and oxygen atoms in total. The predicted molar refractivity (Wildman–Crippen MR) is 325 cm³/mol. The van der Waals surface area contributed by atoms with E-state index in [1.54, 1.807) is 6.08 Å². The zero-order valence-corrected chi connectivity index (χ0v) is 51.7. The second kappa shape index (κ2) is 57.4. The Hall–Kier alpha value is -1.28. The van der Waals surface area contributed by atoms with E-state index in [0.717, 1.165) is 44.9 Å². The van der Waals surface area contributed by atoms with Crippen LogP contribution in [0.15, 0.2) is 36.5 Å². The van der Waals surface area contributed by atoms with Crippen molar-refractivity contribution in [3.63, 3.8) is 0 Å². The Balaban J connectivity index is 4.14. The molecule has 0 heterocycles. The lowest BCUT2D eigenvalue weighted by Crippen LogP contribution is -2.45. The monoisotopic (exact) mass is 1080 g/mol. The van der Waals surface area contributed by atoms with E-state index in [9.17, 15) is 19.4 Å². The number of hydrogen-bond donors (Lipinski definition) is 2. The van der Waals surface area contributed by atoms with Crippen LogP contribution in [-0.2, 0) is 18.4 Å². The molecule has 2 N–H and O–H groups in total. The minimum absolute atomic E-state index is 0.00720. The standard InChI is InChI=1S/C66H129N2O6P/c1-6-8-10-12-14-16-18-20-22-24-26-28-29-30-31-32-33-34-35-36-37-38-40-41-43-45-47-49-51-53-55-57-59-65(69)64(63-74-75(71,72)73-62-61-68(3,4)5)67-66(70)60-58-56-54-52-50-48-46-44-42-39-27-25-23-21-19-17-15-13-11-9-7-2/h41,43,49,51,57,59,64-65,69H,6-40,42,44-48,50,52-56,58,60-63H2,1-5H3,(H-,67,70,71,72)/b43-41+,51-49+,59-57+. The summed E-state index contributed by atoms with van der Waals surface area (Å²) in [5, 5.41) is 13.9. The van der Waals surface area contributed by atoms with E-state index in [-0.39, 0.29) is 12.5 Å². The Morgan fingerprint density at radius 3 is 1.08 bits per heavy atom. The number of allylic oxidation sites excluding steroid dienone is 5. The molecule has 0 aliphatic rings. The van der Waals surface area contributed by atoms with Gasteiger partial charge in [0.2, 0.25) is 5.91 Å². The highest BCUT2D eigenvalue weighted by molar-refractivity contribution is 7.45. The van der Waals surface area contributed by atoms with Crippen LogP contribution in [0.4, 0.5) is 0 Å². The SMILES string of the molecule is CCCCCCCCCCCCCCCCCCCCCCCC/C=C/CC/C=C/CC/C=C/C(O)C(COP(=O)([O-])OCC[N+](C)(C)C)NC(=O)CCCCCCCCCCCCCCCCCCCCCCC. The van der Waals surface area contributed by atoms with E-state index in [4.69, 9.17) is 9.05 Å². The number of likely N-dealkylation sites (N-methyl/N-ethyl adjacent to an activating group) is 1. The van der Waals surface area contributed by atoms with Crippen LogP contribution >= 0.6 is 7.82 Å². The Bertz CT molecular complexity index is 1320. The van der Waals surface area contributed by atoms with Crippen molar-refractivity contribution in [3.8, 4) is 0 Å². The number of carbonyl (C=O) groups excluding carboxylic acids is 1. The first-order valence-electron chi connectivity index (χ1n) is 32.9. The van der Waals surface area contributed by atoms with Crippen molar-refractivity contribution in [1.29, 1.82) is 0 Å². The maximum absolute atomic E-state index is 13.0. The van der Waals surface area contributed by atoms with Gasteiger partial charge in [-0.25, -0.2) is 0 Å². The number of aliphatic hydroxyl groups excluding tert-OH is 1. The van der Waals surface area contributed by atoms with Gasteiger partial charge in [0.15, 0.2) is 0 Å². The molecule has 0 spiro atoms. The summed E-state index contributed by atoms with van der Waals surface area (Å²) in [4.78, 5) is 25.5. The Labute approximate surface area is 467 Å². The zero-order valence-electron chi connectivity index (χ0n) is 50.8. The minimum Gasteiger partial charge on any atom is -0.756 e. The molecule has 0 bridgehead atoms. The Morgan fingerprint density at radius 1 is 0.453 bits per heavy atom. The summed E-state index contributed by atoms with van der Waals surface area (Å²) in [5.41, 5.74) is 0. The van der Waals surface area contributed by atoms with E-state index in [2.05, 4.69) is 43.5 Å². The third-order valence-corrected chi connectivity index (χ3v) is 16.0. The number of phosphoric acid groups is 1. The summed E-state index contributed by atoms with van der Waals surface area (Å²) in [5.74, 6) is -0.205. The predicted octanol–water partition coefficient (Wildman–Crippen LogP) is 19.9. The molecular formula is C66H129N2O6P. The highest BCUT2D eigenvalue weighted by Gasteiger charge is 2.23. The quantitative estimate of drug-likeness (QED) is 0.0272. The van der Waals surface area contributed by atoms with Crippen LogP contribution in [0.5, 0.6) is 0 Å². The van der Waals surface area contributed by atoms with E-state index in [1.165, 1.54) is 263 Å². The van der Waals surface area contributed by atoms with Crippen molar-refractivity contribution in [2.45, 2.75) is 341 Å². The lowest BCUT2D eigenvalue weighted by atomic mass is 10.0. The van der Waals surface area contributed by atoms with Gasteiger partial charge in [-0.2, -0.15) is 0 Å². The fourth-order valence-corrected chi connectivity index (χ4v) is 10.7. The van der Waals surface area contributed by atoms with E-state index in [0.29, 0.717) is 17.4 Å². The maximum Gasteiger partial charge on any atom is 0.268 e. The van der Waals surface area contributed by atoms with Crippen LogP contribution < -0.4 is 10.2 Å². The van der Waals surface area contributed by atoms with E-state index >= 15 is 0 Å². The van der Waals surface area contributed by atoms with Gasteiger partial charge in [-0.3, -0.25) is 9.36 Å². The second-order valence-corrected chi connectivity index (χ2v) is 25.2. The molecule has 0 aliphatic heterocycles. The maximum atomic E-state index is 13.0. The van der Waals surface area contributed by atoms with Crippen LogP contribution in [0.3, 0.4) is 0 Å². The van der Waals surface area contributed by atoms with E-state index < -0.39 is 26.6 Å². The Kier molecular flexibility index (Phi) is 56.4. The molecule has 0 saturated carbocycles. The molecule has 0 radical (unpaired) electrons. The number of amides is 1. The number of hydrogen-bond acceptors (Lipinski definition) is 6. The first kappa shape index (κ1) is 73.7. The molecule has 3 unspecified atom stereocenters. The third-order valence-electron chi connectivity index (χ3n) is 15.1. The molecule has 0 aliphatic carbocycles. The number of carbonyl (C=O) groups is 1. The number of nitrogens with zero attached hydrogens (tertiary/aromatic N) is 1. The summed E-state index contributed by atoms with van der Waals surface area (Å²) >= 11 is 0. The normalized spacial score (nSPS) is 14.0. The van der Waals surface area contributed by atoms with Crippen LogP contribution in [0.25, 0.3) is 0 Å². The summed E-state index contributed by atoms with van der Waals surface area (Å²) in [7, 11) is 1.25. The molecule has 0 aromatic heterocycles. The van der Waals surface area contributed by atoms with Gasteiger partial charge in [-0.15, -0.1) is 0 Å². The molecule has 9 heteroatoms. The van der Waals surface area contributed by atoms with Gasteiger partial charge in [0.25, 0.3) is 7.82 Å². The van der Waals surface area contributed by atoms with E-state index in [1.807, 2.05) is 27.2 Å². The van der Waals surface area contributed by atoms with Gasteiger partial charge in [0.05, 0.1) is 39.9 Å². The molecule has 0 saturated heterocycles. The van der Waals surface area contributed by atoms with Gasteiger partial charge < -0.3 is 28.8 Å². The number of phosphoric ester groups is 1. The molecule has 1 amide bonds. The Morgan fingerprint density at radius 2 is 0.747 bits per heavy atom. The third kappa shape index (κ3) is 60.2. The van der Waals surface area contributed by atoms with Gasteiger partial charge in [-0.05, 0) is 44.9 Å². The molecule has 0 rings (SSSR count). The average molecular weight is 1080 g/mol. The lowest BCUT2D eigenvalue weighted by Gasteiger charge is -2.29. The van der Waals surface area contributed by atoms with Crippen molar-refractivity contribution < 1.29 is 32.9 Å². The minimum atomic E-state index is -4.61. The summed E-state index contributed by atoms with van der Waals surface area (Å²) in [6, 6.07) is -0.909. The van der Waals surface area contributed by atoms with Crippen LogP contribution in [0, 0.1) is 0 Å². The summed E-state index contributed by atoms with van der Waals surface area (Å²) in [6.45, 7) is 4.67. The fourth-order valence-electron chi connectivity index (χ4n) is 9.95. The lowest BCUT2D eigenvalue weighted by molar-refractivity contribution is -0.870. The molecule has 0 aromatic carbocycles.